The molecule has 2 heterocycles. The summed E-state index contributed by atoms with van der Waals surface area (Å²) in [5, 5.41) is 0. The van der Waals surface area contributed by atoms with Gasteiger partial charge in [0.05, 0.1) is 6.67 Å². The van der Waals surface area contributed by atoms with Crippen molar-refractivity contribution in [2.24, 2.45) is 0 Å². The van der Waals surface area contributed by atoms with Crippen molar-refractivity contribution in [1.29, 1.82) is 0 Å². The maximum Gasteiger partial charge on any atom is 0.0506 e. The van der Waals surface area contributed by atoms with Crippen molar-refractivity contribution in [1.82, 2.24) is 9.80 Å². The van der Waals surface area contributed by atoms with Crippen molar-refractivity contribution in [2.45, 2.75) is 37.5 Å². The van der Waals surface area contributed by atoms with Gasteiger partial charge in [-0.1, -0.05) is 60.7 Å². The minimum atomic E-state index is 0.765. The lowest BCUT2D eigenvalue weighted by Crippen LogP contribution is -2.44. The van der Waals surface area contributed by atoms with Crippen LogP contribution in [0.3, 0.4) is 0 Å². The molecular weight excluding hydrogens is 304 g/mol. The van der Waals surface area contributed by atoms with E-state index in [2.05, 4.69) is 70.5 Å². The second kappa shape index (κ2) is 8.16. The van der Waals surface area contributed by atoms with Crippen LogP contribution in [0, 0.1) is 0 Å². The normalized spacial score (nSPS) is 21.4. The van der Waals surface area contributed by atoms with Gasteiger partial charge in [-0.15, -0.1) is 0 Å². The molecule has 132 valence electrons. The van der Waals surface area contributed by atoms with Crippen LogP contribution in [0.25, 0.3) is 0 Å². The highest BCUT2D eigenvalue weighted by atomic mass is 15.3. The number of piperidine rings is 2. The van der Waals surface area contributed by atoms with E-state index in [1.807, 2.05) is 0 Å². The van der Waals surface area contributed by atoms with Gasteiger partial charge in [-0.3, -0.25) is 9.80 Å². The standard InChI is InChI=1S/C23H30N2/c1-3-7-20(8-4-1)22-11-15-24(16-12-22)19-25-17-13-23(14-18-25)21-9-5-2-6-10-21/h1-10,22-23H,11-19H2. The van der Waals surface area contributed by atoms with Gasteiger partial charge in [0.15, 0.2) is 0 Å². The van der Waals surface area contributed by atoms with Crippen molar-refractivity contribution >= 4 is 0 Å². The van der Waals surface area contributed by atoms with Crippen molar-refractivity contribution < 1.29 is 0 Å². The van der Waals surface area contributed by atoms with Crippen LogP contribution in [0.2, 0.25) is 0 Å². The van der Waals surface area contributed by atoms with Gasteiger partial charge in [-0.2, -0.15) is 0 Å². The largest absolute Gasteiger partial charge is 0.290 e. The third-order valence-electron chi connectivity index (χ3n) is 6.12. The molecule has 2 aromatic carbocycles. The second-order valence-electron chi connectivity index (χ2n) is 7.75. The Balaban J connectivity index is 1.22. The van der Waals surface area contributed by atoms with Gasteiger partial charge in [-0.05, 0) is 74.8 Å². The van der Waals surface area contributed by atoms with Crippen LogP contribution in [0.4, 0.5) is 0 Å². The molecule has 0 spiro atoms. The average molecular weight is 335 g/mol. The van der Waals surface area contributed by atoms with Crippen molar-refractivity contribution in [3.63, 3.8) is 0 Å². The molecule has 2 saturated heterocycles. The summed E-state index contributed by atoms with van der Waals surface area (Å²) in [6.45, 7) is 6.16. The number of benzene rings is 2. The first-order valence-corrected chi connectivity index (χ1v) is 9.93. The highest BCUT2D eigenvalue weighted by molar-refractivity contribution is 5.21. The van der Waals surface area contributed by atoms with Crippen LogP contribution in [-0.2, 0) is 0 Å². The maximum atomic E-state index is 2.67. The Morgan fingerprint density at radius 2 is 0.920 bits per heavy atom. The Bertz CT molecular complexity index is 566. The quantitative estimate of drug-likeness (QED) is 0.799. The van der Waals surface area contributed by atoms with Crippen LogP contribution in [0.5, 0.6) is 0 Å². The van der Waals surface area contributed by atoms with Gasteiger partial charge in [0.2, 0.25) is 0 Å². The predicted molar refractivity (Wildman–Crippen MR) is 105 cm³/mol. The van der Waals surface area contributed by atoms with Crippen LogP contribution in [-0.4, -0.2) is 42.6 Å². The molecule has 2 aliphatic rings. The molecule has 0 radical (unpaired) electrons. The van der Waals surface area contributed by atoms with Crippen molar-refractivity contribution in [3.8, 4) is 0 Å². The lowest BCUT2D eigenvalue weighted by molar-refractivity contribution is 0.0878. The molecule has 2 fully saturated rings. The first-order chi connectivity index (χ1) is 12.4. The summed E-state index contributed by atoms with van der Waals surface area (Å²) in [5.74, 6) is 1.53. The van der Waals surface area contributed by atoms with Crippen LogP contribution >= 0.6 is 0 Å². The van der Waals surface area contributed by atoms with Gasteiger partial charge < -0.3 is 0 Å². The highest BCUT2D eigenvalue weighted by Gasteiger charge is 2.25. The van der Waals surface area contributed by atoms with Crippen molar-refractivity contribution in [3.05, 3.63) is 71.8 Å². The monoisotopic (exact) mass is 334 g/mol. The first-order valence-electron chi connectivity index (χ1n) is 9.93. The van der Waals surface area contributed by atoms with E-state index >= 15 is 0 Å². The van der Waals surface area contributed by atoms with E-state index in [0.717, 1.165) is 11.8 Å². The Hall–Kier alpha value is -1.64. The van der Waals surface area contributed by atoms with E-state index < -0.39 is 0 Å². The summed E-state index contributed by atoms with van der Waals surface area (Å²) >= 11 is 0. The molecule has 0 aliphatic carbocycles. The SMILES string of the molecule is c1ccc(C2CCN(CN3CCC(c4ccccc4)CC3)CC2)cc1. The second-order valence-corrected chi connectivity index (χ2v) is 7.75. The van der Waals surface area contributed by atoms with Crippen LogP contribution < -0.4 is 0 Å². The predicted octanol–water partition coefficient (Wildman–Crippen LogP) is 4.70. The molecular formula is C23H30N2. The molecule has 2 heteroatoms. The van der Waals surface area contributed by atoms with E-state index in [4.69, 9.17) is 0 Å². The molecule has 0 bridgehead atoms. The third-order valence-corrected chi connectivity index (χ3v) is 6.12. The summed E-state index contributed by atoms with van der Waals surface area (Å²) in [5.41, 5.74) is 3.07. The maximum absolute atomic E-state index is 2.67. The lowest BCUT2D eigenvalue weighted by atomic mass is 9.89. The fourth-order valence-electron chi connectivity index (χ4n) is 4.55. The van der Waals surface area contributed by atoms with Gasteiger partial charge in [0.1, 0.15) is 0 Å². The Kier molecular flexibility index (Phi) is 5.49. The summed E-state index contributed by atoms with van der Waals surface area (Å²) in [4.78, 5) is 5.34. The summed E-state index contributed by atoms with van der Waals surface area (Å²) in [7, 11) is 0. The number of hydrogen-bond acceptors (Lipinski definition) is 2. The molecule has 2 nitrogen and oxygen atoms in total. The summed E-state index contributed by atoms with van der Waals surface area (Å²) in [6, 6.07) is 22.2. The van der Waals surface area contributed by atoms with E-state index in [9.17, 15) is 0 Å². The number of nitrogens with zero attached hydrogens (tertiary/aromatic N) is 2. The minimum absolute atomic E-state index is 0.765. The molecule has 0 saturated carbocycles. The fraction of sp³-hybridized carbons (Fsp3) is 0.478. The van der Waals surface area contributed by atoms with Gasteiger partial charge in [0, 0.05) is 0 Å². The zero-order valence-electron chi connectivity index (χ0n) is 15.2. The minimum Gasteiger partial charge on any atom is -0.290 e. The Morgan fingerprint density at radius 3 is 1.28 bits per heavy atom. The summed E-state index contributed by atoms with van der Waals surface area (Å²) in [6.07, 6.45) is 5.24. The Morgan fingerprint density at radius 1 is 0.560 bits per heavy atom. The average Bonchev–Trinajstić information content (AvgIpc) is 2.71. The molecule has 0 unspecified atom stereocenters. The van der Waals surface area contributed by atoms with Crippen molar-refractivity contribution in [2.75, 3.05) is 32.8 Å². The number of likely N-dealkylation sites (tertiary alicyclic amines) is 2. The van der Waals surface area contributed by atoms with Gasteiger partial charge in [-0.25, -0.2) is 0 Å². The van der Waals surface area contributed by atoms with Gasteiger partial charge >= 0.3 is 0 Å². The molecule has 0 aromatic heterocycles. The molecule has 4 rings (SSSR count). The smallest absolute Gasteiger partial charge is 0.0506 e. The van der Waals surface area contributed by atoms with Crippen LogP contribution in [0.15, 0.2) is 60.7 Å². The van der Waals surface area contributed by atoms with E-state index in [1.165, 1.54) is 69.7 Å². The molecule has 0 amide bonds. The Labute approximate surface area is 152 Å². The van der Waals surface area contributed by atoms with E-state index in [-0.39, 0.29) is 0 Å². The zero-order valence-corrected chi connectivity index (χ0v) is 15.2. The number of rotatable bonds is 4. The summed E-state index contributed by atoms with van der Waals surface area (Å²) < 4.78 is 0. The molecule has 0 N–H and O–H groups in total. The van der Waals surface area contributed by atoms with E-state index in [0.29, 0.717) is 0 Å². The van der Waals surface area contributed by atoms with Gasteiger partial charge in [0.25, 0.3) is 0 Å². The fourth-order valence-corrected chi connectivity index (χ4v) is 4.55. The molecule has 0 atom stereocenters. The third kappa shape index (κ3) is 4.31. The molecule has 2 aliphatic heterocycles. The molecule has 25 heavy (non-hydrogen) atoms. The lowest BCUT2D eigenvalue weighted by Gasteiger charge is -2.39. The molecule has 2 aromatic rings. The topological polar surface area (TPSA) is 6.48 Å². The van der Waals surface area contributed by atoms with E-state index in [1.54, 1.807) is 0 Å². The zero-order chi connectivity index (χ0) is 16.9. The number of hydrogen-bond donors (Lipinski definition) is 0. The highest BCUT2D eigenvalue weighted by Crippen LogP contribution is 2.30. The first kappa shape index (κ1) is 16.8. The van der Waals surface area contributed by atoms with Crippen LogP contribution in [0.1, 0.15) is 48.6 Å².